The van der Waals surface area contributed by atoms with E-state index < -0.39 is 0 Å². The Bertz CT molecular complexity index is 272. The highest BCUT2D eigenvalue weighted by molar-refractivity contribution is 5.30. The van der Waals surface area contributed by atoms with E-state index in [1.165, 1.54) is 11.1 Å². The molecular formula is C10H13NO. The molecule has 0 saturated heterocycles. The van der Waals surface area contributed by atoms with E-state index in [1.807, 2.05) is 0 Å². The van der Waals surface area contributed by atoms with Gasteiger partial charge in [0.25, 0.3) is 0 Å². The van der Waals surface area contributed by atoms with Crippen LogP contribution in [0.15, 0.2) is 24.3 Å². The molecule has 2 rings (SSSR count). The molecule has 64 valence electrons. The Morgan fingerprint density at radius 3 is 3.17 bits per heavy atom. The van der Waals surface area contributed by atoms with E-state index in [4.69, 9.17) is 4.84 Å². The first-order valence-electron chi connectivity index (χ1n) is 4.33. The van der Waals surface area contributed by atoms with E-state index in [9.17, 15) is 0 Å². The second-order valence-corrected chi connectivity index (χ2v) is 3.14. The van der Waals surface area contributed by atoms with Crippen LogP contribution >= 0.6 is 0 Å². The van der Waals surface area contributed by atoms with Crippen molar-refractivity contribution in [3.63, 3.8) is 0 Å². The lowest BCUT2D eigenvalue weighted by atomic mass is 10.0. The summed E-state index contributed by atoms with van der Waals surface area (Å²) in [4.78, 5) is 5.24. The summed E-state index contributed by atoms with van der Waals surface area (Å²) < 4.78 is 0. The molecule has 0 bridgehead atoms. The summed E-state index contributed by atoms with van der Waals surface area (Å²) in [5.41, 5.74) is 5.76. The SMILES string of the molecule is CC1NOCCc2ccccc21. The molecule has 1 aromatic rings. The van der Waals surface area contributed by atoms with Crippen molar-refractivity contribution in [1.82, 2.24) is 5.48 Å². The van der Waals surface area contributed by atoms with Crippen molar-refractivity contribution in [2.45, 2.75) is 19.4 Å². The summed E-state index contributed by atoms with van der Waals surface area (Å²) >= 11 is 0. The van der Waals surface area contributed by atoms with Crippen molar-refractivity contribution in [2.75, 3.05) is 6.61 Å². The van der Waals surface area contributed by atoms with E-state index in [0.29, 0.717) is 6.04 Å². The predicted molar refractivity (Wildman–Crippen MR) is 47.6 cm³/mol. The number of hydroxylamine groups is 1. The van der Waals surface area contributed by atoms with Gasteiger partial charge in [0, 0.05) is 0 Å². The van der Waals surface area contributed by atoms with Crippen molar-refractivity contribution in [3.8, 4) is 0 Å². The molecule has 0 fully saturated rings. The van der Waals surface area contributed by atoms with Crippen LogP contribution in [0.3, 0.4) is 0 Å². The van der Waals surface area contributed by atoms with Crippen LogP contribution in [-0.4, -0.2) is 6.61 Å². The average Bonchev–Trinajstić information content (AvgIpc) is 2.29. The van der Waals surface area contributed by atoms with Gasteiger partial charge >= 0.3 is 0 Å². The molecule has 0 amide bonds. The van der Waals surface area contributed by atoms with Crippen LogP contribution in [0.1, 0.15) is 24.1 Å². The predicted octanol–water partition coefficient (Wildman–Crippen LogP) is 1.82. The van der Waals surface area contributed by atoms with E-state index in [2.05, 4.69) is 36.7 Å². The van der Waals surface area contributed by atoms with Crippen molar-refractivity contribution >= 4 is 0 Å². The third-order valence-corrected chi connectivity index (χ3v) is 2.26. The quantitative estimate of drug-likeness (QED) is 0.630. The van der Waals surface area contributed by atoms with Crippen LogP contribution < -0.4 is 5.48 Å². The number of rotatable bonds is 0. The molecule has 1 aliphatic heterocycles. The minimum atomic E-state index is 0.309. The molecule has 0 saturated carbocycles. The number of benzene rings is 1. The zero-order valence-corrected chi connectivity index (χ0v) is 7.21. The number of nitrogens with one attached hydrogen (secondary N) is 1. The molecule has 1 unspecified atom stereocenters. The molecule has 2 nitrogen and oxygen atoms in total. The van der Waals surface area contributed by atoms with Gasteiger partial charge < -0.3 is 4.84 Å². The van der Waals surface area contributed by atoms with Crippen molar-refractivity contribution in [1.29, 1.82) is 0 Å². The second kappa shape index (κ2) is 3.25. The first kappa shape index (κ1) is 7.77. The summed E-state index contributed by atoms with van der Waals surface area (Å²) in [6.07, 6.45) is 1.01. The molecule has 0 radical (unpaired) electrons. The minimum absolute atomic E-state index is 0.309. The number of fused-ring (bicyclic) bond motifs is 1. The van der Waals surface area contributed by atoms with Gasteiger partial charge in [-0.2, -0.15) is 5.48 Å². The summed E-state index contributed by atoms with van der Waals surface area (Å²) in [5, 5.41) is 0. The summed E-state index contributed by atoms with van der Waals surface area (Å²) in [7, 11) is 0. The highest BCUT2D eigenvalue weighted by atomic mass is 16.6. The molecule has 12 heavy (non-hydrogen) atoms. The number of hydrogen-bond acceptors (Lipinski definition) is 2. The summed E-state index contributed by atoms with van der Waals surface area (Å²) in [6, 6.07) is 8.78. The van der Waals surface area contributed by atoms with Crippen molar-refractivity contribution < 1.29 is 4.84 Å². The third kappa shape index (κ3) is 1.36. The first-order valence-corrected chi connectivity index (χ1v) is 4.33. The molecule has 0 aromatic heterocycles. The van der Waals surface area contributed by atoms with Crippen LogP contribution in [0.4, 0.5) is 0 Å². The van der Waals surface area contributed by atoms with Gasteiger partial charge in [0.05, 0.1) is 12.6 Å². The van der Waals surface area contributed by atoms with Gasteiger partial charge in [-0.1, -0.05) is 24.3 Å². The lowest BCUT2D eigenvalue weighted by Crippen LogP contribution is -2.16. The normalized spacial score (nSPS) is 22.9. The molecule has 1 atom stereocenters. The maximum Gasteiger partial charge on any atom is 0.0722 e. The first-order chi connectivity index (χ1) is 5.88. The van der Waals surface area contributed by atoms with Crippen LogP contribution in [0.25, 0.3) is 0 Å². The van der Waals surface area contributed by atoms with Gasteiger partial charge in [-0.25, -0.2) is 0 Å². The van der Waals surface area contributed by atoms with E-state index in [1.54, 1.807) is 0 Å². The van der Waals surface area contributed by atoms with Crippen LogP contribution in [0.5, 0.6) is 0 Å². The van der Waals surface area contributed by atoms with Gasteiger partial charge in [-0.15, -0.1) is 0 Å². The lowest BCUT2D eigenvalue weighted by Gasteiger charge is -2.11. The molecule has 1 aliphatic rings. The maximum absolute atomic E-state index is 5.24. The highest BCUT2D eigenvalue weighted by Gasteiger charge is 2.12. The molecule has 0 spiro atoms. The molecule has 1 aromatic carbocycles. The molecule has 1 N–H and O–H groups in total. The van der Waals surface area contributed by atoms with Crippen molar-refractivity contribution in [2.24, 2.45) is 0 Å². The third-order valence-electron chi connectivity index (χ3n) is 2.26. The Morgan fingerprint density at radius 2 is 2.25 bits per heavy atom. The Morgan fingerprint density at radius 1 is 1.42 bits per heavy atom. The Balaban J connectivity index is 2.39. The Labute approximate surface area is 72.5 Å². The Kier molecular flexibility index (Phi) is 2.11. The lowest BCUT2D eigenvalue weighted by molar-refractivity contribution is 0.0278. The topological polar surface area (TPSA) is 21.3 Å². The summed E-state index contributed by atoms with van der Waals surface area (Å²) in [5.74, 6) is 0. The molecular weight excluding hydrogens is 150 g/mol. The Hall–Kier alpha value is -0.860. The summed E-state index contributed by atoms with van der Waals surface area (Å²) in [6.45, 7) is 2.88. The van der Waals surface area contributed by atoms with Crippen LogP contribution in [0, 0.1) is 0 Å². The average molecular weight is 163 g/mol. The van der Waals surface area contributed by atoms with Gasteiger partial charge in [0.1, 0.15) is 0 Å². The largest absolute Gasteiger partial charge is 0.301 e. The highest BCUT2D eigenvalue weighted by Crippen LogP contribution is 2.20. The van der Waals surface area contributed by atoms with Crippen LogP contribution in [0.2, 0.25) is 0 Å². The standard InChI is InChI=1S/C10H13NO/c1-8-10-5-3-2-4-9(10)6-7-12-11-8/h2-5,8,11H,6-7H2,1H3. The van der Waals surface area contributed by atoms with E-state index in [-0.39, 0.29) is 0 Å². The zero-order valence-electron chi connectivity index (χ0n) is 7.21. The fourth-order valence-electron chi connectivity index (χ4n) is 1.59. The smallest absolute Gasteiger partial charge is 0.0722 e. The monoisotopic (exact) mass is 163 g/mol. The molecule has 2 heteroatoms. The van der Waals surface area contributed by atoms with Crippen LogP contribution in [-0.2, 0) is 11.3 Å². The fourth-order valence-corrected chi connectivity index (χ4v) is 1.59. The molecule has 1 heterocycles. The van der Waals surface area contributed by atoms with Crippen molar-refractivity contribution in [3.05, 3.63) is 35.4 Å². The maximum atomic E-state index is 5.24. The fraction of sp³-hybridized carbons (Fsp3) is 0.400. The second-order valence-electron chi connectivity index (χ2n) is 3.14. The van der Waals surface area contributed by atoms with E-state index in [0.717, 1.165) is 13.0 Å². The van der Waals surface area contributed by atoms with Gasteiger partial charge in [0.2, 0.25) is 0 Å². The van der Waals surface area contributed by atoms with Gasteiger partial charge in [0.15, 0.2) is 0 Å². The van der Waals surface area contributed by atoms with Gasteiger partial charge in [-0.3, -0.25) is 0 Å². The number of hydrogen-bond donors (Lipinski definition) is 1. The van der Waals surface area contributed by atoms with E-state index >= 15 is 0 Å². The minimum Gasteiger partial charge on any atom is -0.301 e. The zero-order chi connectivity index (χ0) is 8.39. The molecule has 0 aliphatic carbocycles. The van der Waals surface area contributed by atoms with Gasteiger partial charge in [-0.05, 0) is 24.5 Å².